The highest BCUT2D eigenvalue weighted by Crippen LogP contribution is 2.23. The molecule has 0 aliphatic rings. The predicted molar refractivity (Wildman–Crippen MR) is 86.2 cm³/mol. The molecule has 0 amide bonds. The first-order chi connectivity index (χ1) is 10.8. The second kappa shape index (κ2) is 6.62. The fourth-order valence-electron chi connectivity index (χ4n) is 2.05. The Balaban J connectivity index is 1.72. The lowest BCUT2D eigenvalue weighted by Crippen LogP contribution is -2.07. The van der Waals surface area contributed by atoms with Crippen molar-refractivity contribution in [2.45, 2.75) is 19.9 Å². The predicted octanol–water partition coefficient (Wildman–Crippen LogP) is 3.91. The van der Waals surface area contributed by atoms with Gasteiger partial charge in [0.1, 0.15) is 11.3 Å². The first-order valence-electron chi connectivity index (χ1n) is 7.01. The van der Waals surface area contributed by atoms with Crippen LogP contribution in [0.2, 0.25) is 0 Å². The quantitative estimate of drug-likeness (QED) is 0.775. The lowest BCUT2D eigenvalue weighted by Gasteiger charge is -2.06. The maximum Gasteiger partial charge on any atom is 0.186 e. The summed E-state index contributed by atoms with van der Waals surface area (Å²) in [6.07, 6.45) is 1.92. The minimum atomic E-state index is -0.386. The van der Waals surface area contributed by atoms with E-state index < -0.39 is 0 Å². The third-order valence-corrected chi connectivity index (χ3v) is 4.15. The summed E-state index contributed by atoms with van der Waals surface area (Å²) in [6.45, 7) is 2.29. The number of anilines is 1. The molecule has 0 saturated carbocycles. The normalized spacial score (nSPS) is 10.6. The molecule has 0 fully saturated rings. The molecule has 112 valence electrons. The summed E-state index contributed by atoms with van der Waals surface area (Å²) < 4.78 is 14.0. The Kier molecular flexibility index (Phi) is 4.39. The van der Waals surface area contributed by atoms with E-state index in [9.17, 15) is 4.39 Å². The van der Waals surface area contributed by atoms with E-state index in [-0.39, 0.29) is 11.6 Å². The highest BCUT2D eigenvalue weighted by molar-refractivity contribution is 7.13. The van der Waals surface area contributed by atoms with Crippen LogP contribution in [-0.4, -0.2) is 15.0 Å². The average Bonchev–Trinajstić information content (AvgIpc) is 3.04. The molecule has 0 spiro atoms. The molecular weight excluding hydrogens is 299 g/mol. The van der Waals surface area contributed by atoms with E-state index >= 15 is 0 Å². The van der Waals surface area contributed by atoms with Gasteiger partial charge in [-0.05, 0) is 6.42 Å². The van der Waals surface area contributed by atoms with E-state index in [0.29, 0.717) is 18.7 Å². The van der Waals surface area contributed by atoms with Crippen molar-refractivity contribution < 1.29 is 4.39 Å². The number of hydrogen-bond acceptors (Lipinski definition) is 5. The highest BCUT2D eigenvalue weighted by Gasteiger charge is 2.10. The van der Waals surface area contributed by atoms with Gasteiger partial charge in [-0.1, -0.05) is 37.3 Å². The molecule has 0 aliphatic heterocycles. The zero-order valence-corrected chi connectivity index (χ0v) is 12.9. The molecule has 0 saturated heterocycles. The van der Waals surface area contributed by atoms with Gasteiger partial charge in [0.2, 0.25) is 0 Å². The van der Waals surface area contributed by atoms with E-state index in [1.165, 1.54) is 6.33 Å². The summed E-state index contributed by atoms with van der Waals surface area (Å²) in [5.41, 5.74) is 2.36. The molecule has 3 aromatic rings. The van der Waals surface area contributed by atoms with Crippen molar-refractivity contribution in [3.63, 3.8) is 0 Å². The van der Waals surface area contributed by atoms with Gasteiger partial charge in [0, 0.05) is 10.9 Å². The monoisotopic (exact) mass is 314 g/mol. The van der Waals surface area contributed by atoms with Crippen LogP contribution in [0.5, 0.6) is 0 Å². The van der Waals surface area contributed by atoms with Crippen LogP contribution in [0.15, 0.2) is 42.0 Å². The number of benzene rings is 1. The van der Waals surface area contributed by atoms with Crippen LogP contribution in [0.1, 0.15) is 18.3 Å². The second-order valence-electron chi connectivity index (χ2n) is 4.70. The molecule has 0 bridgehead atoms. The number of aromatic nitrogens is 3. The van der Waals surface area contributed by atoms with Crippen molar-refractivity contribution in [1.82, 2.24) is 15.0 Å². The lowest BCUT2D eigenvalue weighted by molar-refractivity contribution is 0.596. The Hall–Kier alpha value is -2.34. The zero-order valence-electron chi connectivity index (χ0n) is 12.1. The number of nitrogens with one attached hydrogen (secondary N) is 1. The molecule has 3 rings (SSSR count). The molecule has 1 N–H and O–H groups in total. The molecule has 2 heterocycles. The fraction of sp³-hybridized carbons (Fsp3) is 0.188. The van der Waals surface area contributed by atoms with Gasteiger partial charge in [-0.3, -0.25) is 0 Å². The van der Waals surface area contributed by atoms with Gasteiger partial charge in [-0.15, -0.1) is 11.3 Å². The number of halogens is 1. The summed E-state index contributed by atoms with van der Waals surface area (Å²) in [6, 6.07) is 9.98. The molecule has 0 atom stereocenters. The van der Waals surface area contributed by atoms with Gasteiger partial charge in [0.15, 0.2) is 11.6 Å². The first kappa shape index (κ1) is 14.6. The summed E-state index contributed by atoms with van der Waals surface area (Å²) in [5.74, 6) is -0.162. The van der Waals surface area contributed by atoms with Crippen LogP contribution in [0.25, 0.3) is 10.6 Å². The minimum Gasteiger partial charge on any atom is -0.362 e. The van der Waals surface area contributed by atoms with Crippen molar-refractivity contribution >= 4 is 17.2 Å². The maximum atomic E-state index is 14.0. The molecule has 4 nitrogen and oxygen atoms in total. The molecule has 2 aromatic heterocycles. The first-order valence-corrected chi connectivity index (χ1v) is 7.89. The summed E-state index contributed by atoms with van der Waals surface area (Å²) in [7, 11) is 0. The van der Waals surface area contributed by atoms with Gasteiger partial charge >= 0.3 is 0 Å². The van der Waals surface area contributed by atoms with Crippen LogP contribution in [0, 0.1) is 5.82 Å². The van der Waals surface area contributed by atoms with Crippen molar-refractivity contribution in [3.8, 4) is 10.6 Å². The average molecular weight is 314 g/mol. The van der Waals surface area contributed by atoms with Crippen molar-refractivity contribution in [2.75, 3.05) is 5.32 Å². The van der Waals surface area contributed by atoms with Crippen LogP contribution < -0.4 is 5.32 Å². The van der Waals surface area contributed by atoms with Gasteiger partial charge < -0.3 is 5.32 Å². The number of aryl methyl sites for hydroxylation is 1. The molecule has 22 heavy (non-hydrogen) atoms. The third-order valence-electron chi connectivity index (χ3n) is 3.21. The summed E-state index contributed by atoms with van der Waals surface area (Å²) in [5, 5.41) is 5.91. The third kappa shape index (κ3) is 3.12. The zero-order chi connectivity index (χ0) is 15.4. The molecule has 0 aliphatic carbocycles. The Bertz CT molecular complexity index is 758. The second-order valence-corrected chi connectivity index (χ2v) is 5.56. The maximum absolute atomic E-state index is 14.0. The van der Waals surface area contributed by atoms with Gasteiger partial charge in [0.05, 0.1) is 17.9 Å². The highest BCUT2D eigenvalue weighted by atomic mass is 32.1. The van der Waals surface area contributed by atoms with E-state index in [1.54, 1.807) is 11.3 Å². The SMILES string of the molecule is CCc1ncnc(NCc2csc(-c3ccccc3)n2)c1F. The van der Waals surface area contributed by atoms with Crippen LogP contribution in [0.3, 0.4) is 0 Å². The van der Waals surface area contributed by atoms with Gasteiger partial charge in [0.25, 0.3) is 0 Å². The Labute approximate surface area is 132 Å². The number of rotatable bonds is 5. The van der Waals surface area contributed by atoms with Crippen LogP contribution >= 0.6 is 11.3 Å². The topological polar surface area (TPSA) is 50.7 Å². The van der Waals surface area contributed by atoms with Gasteiger partial charge in [-0.25, -0.2) is 19.3 Å². The minimum absolute atomic E-state index is 0.223. The number of hydrogen-bond donors (Lipinski definition) is 1. The Morgan fingerprint density at radius 1 is 1.18 bits per heavy atom. The van der Waals surface area contributed by atoms with Crippen LogP contribution in [0.4, 0.5) is 10.2 Å². The molecular formula is C16H15FN4S. The molecule has 0 unspecified atom stereocenters. The number of thiazole rings is 1. The molecule has 6 heteroatoms. The van der Waals surface area contributed by atoms with Crippen LogP contribution in [-0.2, 0) is 13.0 Å². The standard InChI is InChI=1S/C16H15FN4S/c1-2-13-14(17)15(20-10-19-13)18-8-12-9-22-16(21-12)11-6-4-3-5-7-11/h3-7,9-10H,2,8H2,1H3,(H,18,19,20). The van der Waals surface area contributed by atoms with E-state index in [4.69, 9.17) is 0 Å². The Morgan fingerprint density at radius 3 is 2.77 bits per heavy atom. The van der Waals surface area contributed by atoms with Crippen molar-refractivity contribution in [1.29, 1.82) is 0 Å². The lowest BCUT2D eigenvalue weighted by atomic mass is 10.2. The molecule has 1 aromatic carbocycles. The summed E-state index contributed by atoms with van der Waals surface area (Å²) in [4.78, 5) is 12.4. The summed E-state index contributed by atoms with van der Waals surface area (Å²) >= 11 is 1.57. The fourth-order valence-corrected chi connectivity index (χ4v) is 2.88. The van der Waals surface area contributed by atoms with Crippen molar-refractivity contribution in [2.24, 2.45) is 0 Å². The van der Waals surface area contributed by atoms with E-state index in [2.05, 4.69) is 20.3 Å². The molecule has 0 radical (unpaired) electrons. The number of nitrogens with zero attached hydrogens (tertiary/aromatic N) is 3. The largest absolute Gasteiger partial charge is 0.362 e. The van der Waals surface area contributed by atoms with E-state index in [0.717, 1.165) is 16.3 Å². The van der Waals surface area contributed by atoms with Crippen molar-refractivity contribution in [3.05, 3.63) is 59.2 Å². The van der Waals surface area contributed by atoms with E-state index in [1.807, 2.05) is 42.6 Å². The smallest absolute Gasteiger partial charge is 0.186 e. The van der Waals surface area contributed by atoms with Gasteiger partial charge in [-0.2, -0.15) is 0 Å². The Morgan fingerprint density at radius 2 is 2.00 bits per heavy atom.